The number of rotatable bonds is 8. The normalized spacial score (nSPS) is 10.5. The molecule has 0 fully saturated rings. The lowest BCUT2D eigenvalue weighted by Gasteiger charge is -2.17. The van der Waals surface area contributed by atoms with Gasteiger partial charge >= 0.3 is 0 Å². The second-order valence-corrected chi connectivity index (χ2v) is 4.19. The second kappa shape index (κ2) is 8.42. The SMILES string of the molecule is CCN(CC)CCCNc1ccc(C(=O)NC)nn1. The largest absolute Gasteiger partial charge is 0.369 e. The van der Waals surface area contributed by atoms with Crippen molar-refractivity contribution in [3.63, 3.8) is 0 Å². The molecule has 1 aromatic heterocycles. The van der Waals surface area contributed by atoms with Crippen LogP contribution in [0.4, 0.5) is 5.82 Å². The number of amides is 1. The molecule has 1 amide bonds. The Morgan fingerprint density at radius 2 is 2.00 bits per heavy atom. The van der Waals surface area contributed by atoms with Crippen LogP contribution in [0.1, 0.15) is 30.8 Å². The van der Waals surface area contributed by atoms with Gasteiger partial charge in [0.2, 0.25) is 0 Å². The molecule has 0 saturated carbocycles. The minimum Gasteiger partial charge on any atom is -0.369 e. The molecule has 106 valence electrons. The highest BCUT2D eigenvalue weighted by Gasteiger charge is 2.05. The van der Waals surface area contributed by atoms with Gasteiger partial charge in [-0.15, -0.1) is 10.2 Å². The summed E-state index contributed by atoms with van der Waals surface area (Å²) >= 11 is 0. The van der Waals surface area contributed by atoms with E-state index in [1.807, 2.05) is 0 Å². The van der Waals surface area contributed by atoms with Crippen LogP contribution in [-0.4, -0.2) is 54.2 Å². The monoisotopic (exact) mass is 265 g/mol. The minimum absolute atomic E-state index is 0.222. The van der Waals surface area contributed by atoms with E-state index in [1.165, 1.54) is 0 Å². The molecule has 2 N–H and O–H groups in total. The van der Waals surface area contributed by atoms with Crippen molar-refractivity contribution in [3.8, 4) is 0 Å². The van der Waals surface area contributed by atoms with E-state index < -0.39 is 0 Å². The third-order valence-corrected chi connectivity index (χ3v) is 2.98. The Bertz CT molecular complexity index is 375. The van der Waals surface area contributed by atoms with Gasteiger partial charge in [0.05, 0.1) is 0 Å². The topological polar surface area (TPSA) is 70.2 Å². The van der Waals surface area contributed by atoms with E-state index in [-0.39, 0.29) is 5.91 Å². The molecule has 0 aliphatic rings. The summed E-state index contributed by atoms with van der Waals surface area (Å²) in [6.45, 7) is 8.42. The molecule has 0 aliphatic carbocycles. The molecular formula is C13H23N5O. The maximum absolute atomic E-state index is 11.3. The Kier molecular flexibility index (Phi) is 6.81. The number of nitrogens with zero attached hydrogens (tertiary/aromatic N) is 3. The van der Waals surface area contributed by atoms with Gasteiger partial charge in [-0.1, -0.05) is 13.8 Å². The number of hydrogen-bond acceptors (Lipinski definition) is 5. The van der Waals surface area contributed by atoms with Gasteiger partial charge in [0.15, 0.2) is 5.69 Å². The van der Waals surface area contributed by atoms with Crippen LogP contribution in [0.2, 0.25) is 0 Å². The van der Waals surface area contributed by atoms with E-state index >= 15 is 0 Å². The fraction of sp³-hybridized carbons (Fsp3) is 0.615. The maximum atomic E-state index is 11.3. The van der Waals surface area contributed by atoms with Crippen LogP contribution >= 0.6 is 0 Å². The highest BCUT2D eigenvalue weighted by atomic mass is 16.1. The summed E-state index contributed by atoms with van der Waals surface area (Å²) in [6, 6.07) is 3.44. The Labute approximate surface area is 114 Å². The van der Waals surface area contributed by atoms with Gasteiger partial charge in [0.1, 0.15) is 5.82 Å². The summed E-state index contributed by atoms with van der Waals surface area (Å²) in [4.78, 5) is 13.7. The first kappa shape index (κ1) is 15.4. The van der Waals surface area contributed by atoms with Crippen LogP contribution < -0.4 is 10.6 Å². The first-order valence-electron chi connectivity index (χ1n) is 6.73. The molecule has 6 nitrogen and oxygen atoms in total. The van der Waals surface area contributed by atoms with Crippen molar-refractivity contribution in [2.75, 3.05) is 38.5 Å². The Balaban J connectivity index is 2.32. The molecule has 0 spiro atoms. The van der Waals surface area contributed by atoms with E-state index in [9.17, 15) is 4.79 Å². The van der Waals surface area contributed by atoms with Gasteiger partial charge in [-0.2, -0.15) is 0 Å². The molecule has 0 saturated heterocycles. The third-order valence-electron chi connectivity index (χ3n) is 2.98. The zero-order valence-electron chi connectivity index (χ0n) is 11.9. The number of anilines is 1. The minimum atomic E-state index is -0.222. The Morgan fingerprint density at radius 3 is 2.53 bits per heavy atom. The number of nitrogens with one attached hydrogen (secondary N) is 2. The average Bonchev–Trinajstić information content (AvgIpc) is 2.47. The molecule has 0 bridgehead atoms. The fourth-order valence-corrected chi connectivity index (χ4v) is 1.73. The first-order chi connectivity index (χ1) is 9.21. The summed E-state index contributed by atoms with van der Waals surface area (Å²) in [5, 5.41) is 13.5. The zero-order valence-corrected chi connectivity index (χ0v) is 11.9. The van der Waals surface area contributed by atoms with Crippen molar-refractivity contribution in [2.45, 2.75) is 20.3 Å². The van der Waals surface area contributed by atoms with Gasteiger partial charge in [0, 0.05) is 13.6 Å². The van der Waals surface area contributed by atoms with Gasteiger partial charge in [-0.3, -0.25) is 4.79 Å². The lowest BCUT2D eigenvalue weighted by atomic mass is 10.3. The summed E-state index contributed by atoms with van der Waals surface area (Å²) < 4.78 is 0. The highest BCUT2D eigenvalue weighted by Crippen LogP contribution is 2.02. The average molecular weight is 265 g/mol. The van der Waals surface area contributed by atoms with E-state index in [1.54, 1.807) is 19.2 Å². The van der Waals surface area contributed by atoms with Crippen molar-refractivity contribution in [3.05, 3.63) is 17.8 Å². The van der Waals surface area contributed by atoms with E-state index in [4.69, 9.17) is 0 Å². The summed E-state index contributed by atoms with van der Waals surface area (Å²) in [7, 11) is 1.57. The van der Waals surface area contributed by atoms with Gasteiger partial charge in [-0.05, 0) is 38.2 Å². The molecule has 1 aromatic rings. The smallest absolute Gasteiger partial charge is 0.271 e. The fourth-order valence-electron chi connectivity index (χ4n) is 1.73. The van der Waals surface area contributed by atoms with E-state index in [0.29, 0.717) is 11.5 Å². The number of aromatic nitrogens is 2. The Hall–Kier alpha value is -1.69. The van der Waals surface area contributed by atoms with Crippen LogP contribution in [0.5, 0.6) is 0 Å². The predicted octanol–water partition coefficient (Wildman–Crippen LogP) is 0.980. The second-order valence-electron chi connectivity index (χ2n) is 4.19. The molecule has 0 atom stereocenters. The van der Waals surface area contributed by atoms with Crippen LogP contribution in [0.25, 0.3) is 0 Å². The van der Waals surface area contributed by atoms with E-state index in [0.717, 1.165) is 32.6 Å². The molecular weight excluding hydrogens is 242 g/mol. The highest BCUT2D eigenvalue weighted by molar-refractivity contribution is 5.91. The summed E-state index contributed by atoms with van der Waals surface area (Å²) in [6.07, 6.45) is 1.06. The number of hydrogen-bond donors (Lipinski definition) is 2. The molecule has 6 heteroatoms. The molecule has 1 rings (SSSR count). The van der Waals surface area contributed by atoms with E-state index in [2.05, 4.69) is 39.6 Å². The Morgan fingerprint density at radius 1 is 1.26 bits per heavy atom. The van der Waals surface area contributed by atoms with Crippen LogP contribution in [-0.2, 0) is 0 Å². The quantitative estimate of drug-likeness (QED) is 0.686. The lowest BCUT2D eigenvalue weighted by Crippen LogP contribution is -2.25. The van der Waals surface area contributed by atoms with Crippen molar-refractivity contribution < 1.29 is 4.79 Å². The third kappa shape index (κ3) is 5.21. The molecule has 0 aromatic carbocycles. The van der Waals surface area contributed by atoms with Gasteiger partial charge in [-0.25, -0.2) is 0 Å². The van der Waals surface area contributed by atoms with Crippen LogP contribution in [0.3, 0.4) is 0 Å². The summed E-state index contributed by atoms with van der Waals surface area (Å²) in [5.74, 6) is 0.479. The van der Waals surface area contributed by atoms with Crippen molar-refractivity contribution in [2.24, 2.45) is 0 Å². The number of carbonyl (C=O) groups is 1. The molecule has 0 radical (unpaired) electrons. The molecule has 0 unspecified atom stereocenters. The van der Waals surface area contributed by atoms with Gasteiger partial charge in [0.25, 0.3) is 5.91 Å². The predicted molar refractivity (Wildman–Crippen MR) is 76.3 cm³/mol. The van der Waals surface area contributed by atoms with Crippen LogP contribution in [0.15, 0.2) is 12.1 Å². The van der Waals surface area contributed by atoms with Crippen molar-refractivity contribution in [1.29, 1.82) is 0 Å². The standard InChI is InChI=1S/C13H23N5O/c1-4-18(5-2)10-6-9-15-12-8-7-11(16-17-12)13(19)14-3/h7-8H,4-6,9-10H2,1-3H3,(H,14,19)(H,15,17). The number of carbonyl (C=O) groups excluding carboxylic acids is 1. The molecule has 0 aliphatic heterocycles. The van der Waals surface area contributed by atoms with Gasteiger partial charge < -0.3 is 15.5 Å². The lowest BCUT2D eigenvalue weighted by molar-refractivity contribution is 0.0957. The first-order valence-corrected chi connectivity index (χ1v) is 6.73. The maximum Gasteiger partial charge on any atom is 0.271 e. The molecule has 1 heterocycles. The van der Waals surface area contributed by atoms with Crippen LogP contribution in [0, 0.1) is 0 Å². The van der Waals surface area contributed by atoms with Crippen molar-refractivity contribution in [1.82, 2.24) is 20.4 Å². The zero-order chi connectivity index (χ0) is 14.1. The summed E-state index contributed by atoms with van der Waals surface area (Å²) in [5.41, 5.74) is 0.330. The van der Waals surface area contributed by atoms with Crippen molar-refractivity contribution >= 4 is 11.7 Å². The molecule has 19 heavy (non-hydrogen) atoms.